The van der Waals surface area contributed by atoms with Crippen molar-refractivity contribution >= 4 is 27.5 Å². The van der Waals surface area contributed by atoms with Crippen LogP contribution < -0.4 is 9.62 Å². The number of hydrogen-bond donors (Lipinski definition) is 1. The molecular formula is C30H34FN3O4S. The maximum atomic E-state index is 14.9. The van der Waals surface area contributed by atoms with E-state index in [4.69, 9.17) is 0 Å². The summed E-state index contributed by atoms with van der Waals surface area (Å²) in [6.45, 7) is 1.18. The first-order chi connectivity index (χ1) is 18.8. The molecule has 0 aromatic heterocycles. The van der Waals surface area contributed by atoms with Gasteiger partial charge in [-0.15, -0.1) is 0 Å². The Labute approximate surface area is 229 Å². The van der Waals surface area contributed by atoms with Gasteiger partial charge in [0.15, 0.2) is 0 Å². The normalized spacial score (nSPS) is 14.5. The Morgan fingerprint density at radius 2 is 1.51 bits per heavy atom. The highest BCUT2D eigenvalue weighted by molar-refractivity contribution is 7.92. The van der Waals surface area contributed by atoms with Gasteiger partial charge in [-0.2, -0.15) is 0 Å². The van der Waals surface area contributed by atoms with Crippen LogP contribution in [0.5, 0.6) is 0 Å². The van der Waals surface area contributed by atoms with Crippen LogP contribution in [0.3, 0.4) is 0 Å². The van der Waals surface area contributed by atoms with Gasteiger partial charge in [-0.3, -0.25) is 13.9 Å². The molecule has 0 unspecified atom stereocenters. The smallest absolute Gasteiger partial charge is 0.264 e. The lowest BCUT2D eigenvalue weighted by Gasteiger charge is -2.32. The molecule has 1 saturated carbocycles. The average molecular weight is 552 g/mol. The molecule has 0 bridgehead atoms. The number of amides is 2. The molecular weight excluding hydrogens is 517 g/mol. The van der Waals surface area contributed by atoms with Gasteiger partial charge in [-0.1, -0.05) is 73.5 Å². The minimum Gasteiger partial charge on any atom is -0.352 e. The summed E-state index contributed by atoms with van der Waals surface area (Å²) >= 11 is 0. The fourth-order valence-corrected chi connectivity index (χ4v) is 6.29. The number of halogens is 1. The van der Waals surface area contributed by atoms with E-state index in [-0.39, 0.29) is 29.1 Å². The van der Waals surface area contributed by atoms with Crippen LogP contribution in [0.4, 0.5) is 10.1 Å². The van der Waals surface area contributed by atoms with Crippen LogP contribution in [0.2, 0.25) is 0 Å². The Hall–Kier alpha value is -3.72. The van der Waals surface area contributed by atoms with Gasteiger partial charge < -0.3 is 10.2 Å². The fraction of sp³-hybridized carbons (Fsp3) is 0.333. The SMILES string of the molecule is C[C@@H](C(=O)NC1CCCC1)N(CCc1ccccc1)C(=O)CN(c1ccccc1F)S(=O)(=O)c1ccccc1. The largest absolute Gasteiger partial charge is 0.352 e. The molecule has 0 heterocycles. The summed E-state index contributed by atoms with van der Waals surface area (Å²) in [7, 11) is -4.29. The van der Waals surface area contributed by atoms with E-state index in [9.17, 15) is 22.4 Å². The van der Waals surface area contributed by atoms with Crippen LogP contribution in [-0.4, -0.2) is 50.3 Å². The quantitative estimate of drug-likeness (QED) is 0.379. The molecule has 3 aromatic rings. The van der Waals surface area contributed by atoms with Crippen molar-refractivity contribution in [2.75, 3.05) is 17.4 Å². The molecule has 3 aromatic carbocycles. The van der Waals surface area contributed by atoms with Crippen molar-refractivity contribution in [3.8, 4) is 0 Å². The summed E-state index contributed by atoms with van der Waals surface area (Å²) < 4.78 is 43.0. The van der Waals surface area contributed by atoms with Crippen molar-refractivity contribution in [3.63, 3.8) is 0 Å². The number of carbonyl (C=O) groups is 2. The molecule has 0 radical (unpaired) electrons. The number of hydrogen-bond acceptors (Lipinski definition) is 4. The van der Waals surface area contributed by atoms with E-state index in [0.717, 1.165) is 41.6 Å². The van der Waals surface area contributed by atoms with Crippen LogP contribution in [0.15, 0.2) is 89.8 Å². The molecule has 7 nitrogen and oxygen atoms in total. The van der Waals surface area contributed by atoms with E-state index in [0.29, 0.717) is 6.42 Å². The molecule has 206 valence electrons. The molecule has 1 aliphatic rings. The van der Waals surface area contributed by atoms with E-state index >= 15 is 0 Å². The predicted molar refractivity (Wildman–Crippen MR) is 149 cm³/mol. The monoisotopic (exact) mass is 551 g/mol. The van der Waals surface area contributed by atoms with E-state index in [2.05, 4.69) is 5.32 Å². The molecule has 9 heteroatoms. The van der Waals surface area contributed by atoms with Crippen LogP contribution >= 0.6 is 0 Å². The van der Waals surface area contributed by atoms with Crippen LogP contribution in [-0.2, 0) is 26.0 Å². The Morgan fingerprint density at radius 3 is 2.15 bits per heavy atom. The number of carbonyl (C=O) groups excluding carboxylic acids is 2. The lowest BCUT2D eigenvalue weighted by molar-refractivity contribution is -0.139. The number of anilines is 1. The van der Waals surface area contributed by atoms with Crippen molar-refractivity contribution < 1.29 is 22.4 Å². The molecule has 4 rings (SSSR count). The van der Waals surface area contributed by atoms with E-state index in [1.54, 1.807) is 25.1 Å². The Bertz CT molecular complexity index is 1360. The lowest BCUT2D eigenvalue weighted by atomic mass is 10.1. The van der Waals surface area contributed by atoms with Crippen molar-refractivity contribution in [2.24, 2.45) is 0 Å². The highest BCUT2D eigenvalue weighted by atomic mass is 32.2. The maximum Gasteiger partial charge on any atom is 0.264 e. The van der Waals surface area contributed by atoms with Gasteiger partial charge in [-0.25, -0.2) is 12.8 Å². The third kappa shape index (κ3) is 7.03. The second-order valence-electron chi connectivity index (χ2n) is 9.76. The van der Waals surface area contributed by atoms with E-state index in [1.165, 1.54) is 35.2 Å². The number of rotatable bonds is 11. The molecule has 39 heavy (non-hydrogen) atoms. The number of nitrogens with one attached hydrogen (secondary N) is 1. The summed E-state index contributed by atoms with van der Waals surface area (Å²) in [6, 6.07) is 21.8. The Balaban J connectivity index is 1.64. The minimum absolute atomic E-state index is 0.0658. The molecule has 2 amide bonds. The van der Waals surface area contributed by atoms with E-state index in [1.807, 2.05) is 30.3 Å². The number of benzene rings is 3. The Kier molecular flexibility index (Phi) is 9.35. The van der Waals surface area contributed by atoms with Gasteiger partial charge >= 0.3 is 0 Å². The second kappa shape index (κ2) is 12.9. The molecule has 0 saturated heterocycles. The fourth-order valence-electron chi connectivity index (χ4n) is 4.85. The zero-order valence-electron chi connectivity index (χ0n) is 22.0. The first-order valence-corrected chi connectivity index (χ1v) is 14.7. The number of sulfonamides is 1. The minimum atomic E-state index is -4.29. The number of para-hydroxylation sites is 1. The van der Waals surface area contributed by atoms with Gasteiger partial charge in [0.05, 0.1) is 10.6 Å². The average Bonchev–Trinajstić information content (AvgIpc) is 3.46. The topological polar surface area (TPSA) is 86.8 Å². The first kappa shape index (κ1) is 28.3. The van der Waals surface area contributed by atoms with Gasteiger partial charge in [0.2, 0.25) is 11.8 Å². The van der Waals surface area contributed by atoms with Crippen LogP contribution in [0.1, 0.15) is 38.2 Å². The molecule has 1 aliphatic carbocycles. The van der Waals surface area contributed by atoms with Crippen molar-refractivity contribution in [1.29, 1.82) is 0 Å². The highest BCUT2D eigenvalue weighted by Crippen LogP contribution is 2.27. The zero-order chi connectivity index (χ0) is 27.8. The summed E-state index contributed by atoms with van der Waals surface area (Å²) in [4.78, 5) is 28.4. The van der Waals surface area contributed by atoms with Crippen molar-refractivity contribution in [2.45, 2.75) is 56.0 Å². The summed E-state index contributed by atoms with van der Waals surface area (Å²) in [6.07, 6.45) is 4.36. The van der Waals surface area contributed by atoms with E-state index < -0.39 is 34.3 Å². The highest BCUT2D eigenvalue weighted by Gasteiger charge is 2.34. The lowest BCUT2D eigenvalue weighted by Crippen LogP contribution is -2.53. The van der Waals surface area contributed by atoms with Gasteiger partial charge in [0, 0.05) is 12.6 Å². The van der Waals surface area contributed by atoms with Crippen LogP contribution in [0.25, 0.3) is 0 Å². The molecule has 0 spiro atoms. The zero-order valence-corrected chi connectivity index (χ0v) is 22.8. The van der Waals surface area contributed by atoms with Gasteiger partial charge in [-0.05, 0) is 56.0 Å². The second-order valence-corrected chi connectivity index (χ2v) is 11.6. The third-order valence-corrected chi connectivity index (χ3v) is 8.86. The Morgan fingerprint density at radius 1 is 0.923 bits per heavy atom. The maximum absolute atomic E-state index is 14.9. The van der Waals surface area contributed by atoms with Gasteiger partial charge in [0.1, 0.15) is 18.4 Å². The summed E-state index contributed by atoms with van der Waals surface area (Å²) in [5, 5.41) is 3.04. The van der Waals surface area contributed by atoms with Crippen molar-refractivity contribution in [3.05, 3.63) is 96.3 Å². The summed E-state index contributed by atoms with van der Waals surface area (Å²) in [5.74, 6) is -1.65. The van der Waals surface area contributed by atoms with Crippen molar-refractivity contribution in [1.82, 2.24) is 10.2 Å². The molecule has 1 N–H and O–H groups in total. The number of nitrogens with zero attached hydrogens (tertiary/aromatic N) is 2. The van der Waals surface area contributed by atoms with Crippen LogP contribution in [0, 0.1) is 5.82 Å². The third-order valence-electron chi connectivity index (χ3n) is 7.08. The standard InChI is InChI=1S/C30H34FN3O4S/c1-23(30(36)32-25-14-8-9-15-25)33(21-20-24-12-4-2-5-13-24)29(35)22-34(28-19-11-10-18-27(28)31)39(37,38)26-16-6-3-7-17-26/h2-7,10-13,16-19,23,25H,8-9,14-15,20-22H2,1H3,(H,32,36)/t23-/m0/s1. The van der Waals surface area contributed by atoms with Gasteiger partial charge in [0.25, 0.3) is 10.0 Å². The molecule has 1 atom stereocenters. The molecule has 0 aliphatic heterocycles. The predicted octanol–water partition coefficient (Wildman–Crippen LogP) is 4.54. The summed E-state index contributed by atoms with van der Waals surface area (Å²) in [5.41, 5.74) is 0.738. The molecule has 1 fully saturated rings. The first-order valence-electron chi connectivity index (χ1n) is 13.2.